The largest absolute Gasteiger partial charge is 0.289 e. The molecule has 0 amide bonds. The van der Waals surface area contributed by atoms with Crippen molar-refractivity contribution in [2.75, 3.05) is 0 Å². The van der Waals surface area contributed by atoms with Gasteiger partial charge >= 0.3 is 0 Å². The van der Waals surface area contributed by atoms with Crippen LogP contribution < -0.4 is 0 Å². The predicted octanol–water partition coefficient (Wildman–Crippen LogP) is 5.72. The molecule has 0 saturated heterocycles. The Bertz CT molecular complexity index is 1800. The molecule has 0 radical (unpaired) electrons. The Kier molecular flexibility index (Phi) is 9.30. The van der Waals surface area contributed by atoms with Crippen molar-refractivity contribution in [2.45, 2.75) is 0 Å². The topological polar surface area (TPSA) is 34.1 Å². The first-order valence-electron chi connectivity index (χ1n) is 11.8. The molecular formula is C38H20O2. The molecule has 0 N–H and O–H groups in total. The molecule has 0 heterocycles. The maximum absolute atomic E-state index is 12.7. The highest BCUT2D eigenvalue weighted by Gasteiger charge is 2.16. The first-order chi connectivity index (χ1) is 19.4. The van der Waals surface area contributed by atoms with Crippen LogP contribution >= 0.6 is 0 Å². The second-order valence-electron chi connectivity index (χ2n) is 8.17. The van der Waals surface area contributed by atoms with Crippen molar-refractivity contribution in [1.82, 2.24) is 0 Å². The van der Waals surface area contributed by atoms with Crippen LogP contribution in [-0.2, 0) is 0 Å². The van der Waals surface area contributed by atoms with E-state index in [-0.39, 0.29) is 11.6 Å². The van der Waals surface area contributed by atoms with Crippen LogP contribution in [0.5, 0.6) is 0 Å². The zero-order chi connectivity index (χ0) is 29.1. The molecule has 0 saturated carbocycles. The molecule has 0 spiro atoms. The van der Waals surface area contributed by atoms with Gasteiger partial charge in [0.25, 0.3) is 0 Å². The normalized spacial score (nSPS) is 9.05. The first kappa shape index (κ1) is 28.2. The summed E-state index contributed by atoms with van der Waals surface area (Å²) in [7, 11) is 0. The minimum Gasteiger partial charge on any atom is -0.289 e. The molecule has 0 unspecified atom stereocenters. The maximum Gasteiger partial charge on any atom is 0.195 e. The number of benzene rings is 4. The third-order valence-electron chi connectivity index (χ3n) is 5.80. The van der Waals surface area contributed by atoms with E-state index in [4.69, 9.17) is 38.5 Å². The van der Waals surface area contributed by atoms with Gasteiger partial charge in [0.2, 0.25) is 0 Å². The van der Waals surface area contributed by atoms with Crippen LogP contribution in [0.25, 0.3) is 0 Å². The van der Waals surface area contributed by atoms with E-state index >= 15 is 0 Å². The summed E-state index contributed by atoms with van der Waals surface area (Å²) in [6.45, 7) is 0. The molecule has 184 valence electrons. The van der Waals surface area contributed by atoms with Gasteiger partial charge in [-0.05, 0) is 54.6 Å². The van der Waals surface area contributed by atoms with Crippen LogP contribution in [0.1, 0.15) is 65.2 Å². The molecule has 0 fully saturated rings. The Balaban J connectivity index is 0.000000225. The third kappa shape index (κ3) is 6.28. The summed E-state index contributed by atoms with van der Waals surface area (Å²) in [6, 6.07) is 23.9. The van der Waals surface area contributed by atoms with Crippen molar-refractivity contribution in [3.05, 3.63) is 141 Å². The van der Waals surface area contributed by atoms with E-state index in [9.17, 15) is 9.59 Å². The zero-order valence-corrected chi connectivity index (χ0v) is 21.4. The van der Waals surface area contributed by atoms with E-state index in [0.29, 0.717) is 55.6 Å². The zero-order valence-electron chi connectivity index (χ0n) is 21.4. The molecule has 0 aliphatic rings. The number of hydrogen-bond acceptors (Lipinski definition) is 2. The van der Waals surface area contributed by atoms with Gasteiger partial charge in [-0.25, -0.2) is 0 Å². The van der Waals surface area contributed by atoms with Crippen LogP contribution in [0.15, 0.2) is 84.9 Å². The third-order valence-corrected chi connectivity index (χ3v) is 5.80. The van der Waals surface area contributed by atoms with Crippen molar-refractivity contribution >= 4 is 11.6 Å². The van der Waals surface area contributed by atoms with Crippen LogP contribution in [0, 0.1) is 74.1 Å². The quantitative estimate of drug-likeness (QED) is 0.261. The van der Waals surface area contributed by atoms with Gasteiger partial charge in [-0.1, -0.05) is 65.9 Å². The molecular weight excluding hydrogens is 488 g/mol. The summed E-state index contributed by atoms with van der Waals surface area (Å²) in [6.07, 6.45) is 32.3. The number of carbonyl (C=O) groups is 2. The Hall–Kier alpha value is -6.42. The highest BCUT2D eigenvalue weighted by atomic mass is 16.1. The molecule has 4 aromatic rings. The van der Waals surface area contributed by atoms with Gasteiger partial charge in [0.15, 0.2) is 11.6 Å². The van der Waals surface area contributed by atoms with Crippen molar-refractivity contribution in [1.29, 1.82) is 0 Å². The molecule has 0 aromatic heterocycles. The van der Waals surface area contributed by atoms with E-state index < -0.39 is 0 Å². The smallest absolute Gasteiger partial charge is 0.195 e. The van der Waals surface area contributed by atoms with Crippen molar-refractivity contribution in [3.63, 3.8) is 0 Å². The number of hydrogen-bond donors (Lipinski definition) is 0. The van der Waals surface area contributed by atoms with Gasteiger partial charge in [0.05, 0.1) is 0 Å². The standard InChI is InChI=1S/C21H10O.C17H10O/c1-5-15-9-11-19(17(7-3)13-15)21(22)20-12-10-16(6-2)14-18(20)8-4;1-3-13-10-11-16(14(4-2)12-13)17(18)15-8-6-5-7-9-15/h1-4,9-14H;1-2,5-12H. The van der Waals surface area contributed by atoms with Crippen molar-refractivity contribution in [3.8, 4) is 74.1 Å². The average Bonchev–Trinajstić information content (AvgIpc) is 3.03. The number of ketones is 2. The Morgan fingerprint density at radius 3 is 1.10 bits per heavy atom. The van der Waals surface area contributed by atoms with E-state index in [2.05, 4.69) is 35.5 Å². The van der Waals surface area contributed by atoms with Crippen LogP contribution in [0.2, 0.25) is 0 Å². The average molecular weight is 509 g/mol. The summed E-state index contributed by atoms with van der Waals surface area (Å²) >= 11 is 0. The fraction of sp³-hybridized carbons (Fsp3) is 0. The molecule has 4 aromatic carbocycles. The molecule has 4 rings (SSSR count). The Morgan fingerprint density at radius 1 is 0.425 bits per heavy atom. The lowest BCUT2D eigenvalue weighted by molar-refractivity contribution is 0.103. The molecule has 0 bridgehead atoms. The second-order valence-corrected chi connectivity index (χ2v) is 8.17. The first-order valence-corrected chi connectivity index (χ1v) is 11.8. The van der Waals surface area contributed by atoms with E-state index in [1.54, 1.807) is 66.7 Å². The lowest BCUT2D eigenvalue weighted by Gasteiger charge is -2.08. The van der Waals surface area contributed by atoms with Gasteiger partial charge in [-0.15, -0.1) is 38.5 Å². The highest BCUT2D eigenvalue weighted by Crippen LogP contribution is 2.20. The molecule has 0 atom stereocenters. The highest BCUT2D eigenvalue weighted by molar-refractivity contribution is 6.12. The number of rotatable bonds is 4. The molecule has 40 heavy (non-hydrogen) atoms. The summed E-state index contributed by atoms with van der Waals surface area (Å²) in [5, 5.41) is 0. The van der Waals surface area contributed by atoms with Gasteiger partial charge < -0.3 is 0 Å². The molecule has 0 aliphatic heterocycles. The number of carbonyl (C=O) groups excluding carboxylic acids is 2. The lowest BCUT2D eigenvalue weighted by atomic mass is 9.93. The van der Waals surface area contributed by atoms with E-state index in [1.807, 2.05) is 18.2 Å². The number of terminal acetylenes is 6. The van der Waals surface area contributed by atoms with E-state index in [0.717, 1.165) is 0 Å². The summed E-state index contributed by atoms with van der Waals surface area (Å²) < 4.78 is 0. The minimum atomic E-state index is -0.256. The molecule has 2 heteroatoms. The van der Waals surface area contributed by atoms with Crippen LogP contribution in [0.4, 0.5) is 0 Å². The monoisotopic (exact) mass is 508 g/mol. The summed E-state index contributed by atoms with van der Waals surface area (Å²) in [5.74, 6) is 14.6. The molecule has 0 aliphatic carbocycles. The van der Waals surface area contributed by atoms with Gasteiger partial charge in [-0.3, -0.25) is 9.59 Å². The molecule has 2 nitrogen and oxygen atoms in total. The van der Waals surface area contributed by atoms with Crippen LogP contribution in [-0.4, -0.2) is 11.6 Å². The van der Waals surface area contributed by atoms with Gasteiger partial charge in [-0.2, -0.15) is 0 Å². The Labute approximate surface area is 235 Å². The predicted molar refractivity (Wildman–Crippen MR) is 160 cm³/mol. The maximum atomic E-state index is 12.7. The van der Waals surface area contributed by atoms with Crippen LogP contribution in [0.3, 0.4) is 0 Å². The van der Waals surface area contributed by atoms with Crippen molar-refractivity contribution in [2.24, 2.45) is 0 Å². The summed E-state index contributed by atoms with van der Waals surface area (Å²) in [4.78, 5) is 25.0. The second kappa shape index (κ2) is 13.2. The fourth-order valence-corrected chi connectivity index (χ4v) is 3.74. The minimum absolute atomic E-state index is 0.0906. The fourth-order valence-electron chi connectivity index (χ4n) is 3.74. The Morgan fingerprint density at radius 2 is 0.775 bits per heavy atom. The van der Waals surface area contributed by atoms with Gasteiger partial charge in [0, 0.05) is 55.6 Å². The summed E-state index contributed by atoms with van der Waals surface area (Å²) in [5.41, 5.74) is 5.18. The SMILES string of the molecule is C#Cc1ccc(C(=O)c2ccc(C#C)cc2C#C)c(C#C)c1.C#Cc1ccc(C(=O)c2ccccc2)c(C#C)c1. The van der Waals surface area contributed by atoms with E-state index in [1.165, 1.54) is 0 Å². The van der Waals surface area contributed by atoms with Crippen molar-refractivity contribution < 1.29 is 9.59 Å². The lowest BCUT2D eigenvalue weighted by Crippen LogP contribution is -2.07. The van der Waals surface area contributed by atoms with Gasteiger partial charge in [0.1, 0.15) is 0 Å².